The number of tetrazole rings is 1. The van der Waals surface area contributed by atoms with Crippen molar-refractivity contribution in [1.29, 1.82) is 0 Å². The van der Waals surface area contributed by atoms with Gasteiger partial charge in [0.25, 0.3) is 0 Å². The molecule has 0 spiro atoms. The van der Waals surface area contributed by atoms with Crippen molar-refractivity contribution >= 4 is 5.69 Å². The molecule has 7 heteroatoms. The zero-order valence-corrected chi connectivity index (χ0v) is 13.7. The monoisotopic (exact) mass is 331 g/mol. The molecule has 4 aromatic rings. The summed E-state index contributed by atoms with van der Waals surface area (Å²) in [6.07, 6.45) is 3.74. The van der Waals surface area contributed by atoms with Crippen molar-refractivity contribution < 1.29 is 0 Å². The van der Waals surface area contributed by atoms with Gasteiger partial charge in [0, 0.05) is 0 Å². The van der Waals surface area contributed by atoms with Crippen molar-refractivity contribution in [3.8, 4) is 11.4 Å². The van der Waals surface area contributed by atoms with Crippen LogP contribution in [0.4, 0.5) is 5.69 Å². The Morgan fingerprint density at radius 2 is 1.60 bits per heavy atom. The molecule has 1 atom stereocenters. The number of aromatic nitrogens is 6. The first-order valence-corrected chi connectivity index (χ1v) is 8.01. The molecule has 0 amide bonds. The number of nitrogens with zero attached hydrogens (tertiary/aromatic N) is 6. The van der Waals surface area contributed by atoms with Crippen molar-refractivity contribution in [1.82, 2.24) is 30.0 Å². The molecule has 1 N–H and O–H groups in total. The lowest BCUT2D eigenvalue weighted by atomic mass is 10.2. The molecular weight excluding hydrogens is 314 g/mol. The average molecular weight is 331 g/mol. The number of nitrogens with one attached hydrogen (secondary N) is 1. The van der Waals surface area contributed by atoms with Crippen LogP contribution in [0.5, 0.6) is 0 Å². The molecule has 2 aromatic carbocycles. The van der Waals surface area contributed by atoms with Crippen LogP contribution in [0.2, 0.25) is 0 Å². The third-order valence-electron chi connectivity index (χ3n) is 3.87. The van der Waals surface area contributed by atoms with Gasteiger partial charge in [0.2, 0.25) is 0 Å². The molecule has 2 aromatic heterocycles. The molecule has 0 unspecified atom stereocenters. The minimum atomic E-state index is -0.0800. The molecule has 4 rings (SSSR count). The molecule has 0 aliphatic carbocycles. The predicted octanol–water partition coefficient (Wildman–Crippen LogP) is 3.02. The van der Waals surface area contributed by atoms with E-state index in [2.05, 4.69) is 25.9 Å². The lowest BCUT2D eigenvalue weighted by Gasteiger charge is -2.13. The van der Waals surface area contributed by atoms with Crippen LogP contribution in [-0.2, 0) is 0 Å². The van der Waals surface area contributed by atoms with E-state index >= 15 is 0 Å². The quantitative estimate of drug-likeness (QED) is 0.608. The number of rotatable bonds is 5. The topological polar surface area (TPSA) is 73.5 Å². The lowest BCUT2D eigenvalue weighted by Crippen LogP contribution is -2.13. The molecule has 25 heavy (non-hydrogen) atoms. The minimum Gasteiger partial charge on any atom is -0.373 e. The Morgan fingerprint density at radius 3 is 2.32 bits per heavy atom. The highest BCUT2D eigenvalue weighted by Gasteiger charge is 2.16. The van der Waals surface area contributed by atoms with Crippen molar-refractivity contribution in [2.45, 2.75) is 13.0 Å². The maximum Gasteiger partial charge on any atom is 0.178 e. The van der Waals surface area contributed by atoms with E-state index in [9.17, 15) is 0 Å². The summed E-state index contributed by atoms with van der Waals surface area (Å²) < 4.78 is 3.56. The molecule has 0 aliphatic rings. The molecule has 0 aliphatic heterocycles. The van der Waals surface area contributed by atoms with Gasteiger partial charge in [-0.25, -0.2) is 4.68 Å². The standard InChI is InChI=1S/C18H17N7/c1-14(18-21-22-23-25(18)17-10-6-3-7-11-17)20-15-12-19-24(13-15)16-8-4-2-5-9-16/h2-14,20H,1H3/t14-/m1/s1. The zero-order valence-electron chi connectivity index (χ0n) is 13.7. The zero-order chi connectivity index (χ0) is 17.1. The molecule has 0 saturated carbocycles. The van der Waals surface area contributed by atoms with E-state index < -0.39 is 0 Å². The van der Waals surface area contributed by atoms with E-state index in [0.29, 0.717) is 0 Å². The fraction of sp³-hybridized carbons (Fsp3) is 0.111. The second kappa shape index (κ2) is 6.56. The summed E-state index contributed by atoms with van der Waals surface area (Å²) >= 11 is 0. The van der Waals surface area contributed by atoms with Crippen LogP contribution in [0.15, 0.2) is 73.1 Å². The number of benzene rings is 2. The summed E-state index contributed by atoms with van der Waals surface area (Å²) in [7, 11) is 0. The first-order chi connectivity index (χ1) is 12.3. The van der Waals surface area contributed by atoms with E-state index in [1.165, 1.54) is 0 Å². The highest BCUT2D eigenvalue weighted by Crippen LogP contribution is 2.20. The largest absolute Gasteiger partial charge is 0.373 e. The van der Waals surface area contributed by atoms with Crippen LogP contribution < -0.4 is 5.32 Å². The Hall–Kier alpha value is -3.48. The van der Waals surface area contributed by atoms with Gasteiger partial charge in [0.05, 0.1) is 35.5 Å². The van der Waals surface area contributed by atoms with Gasteiger partial charge in [0.15, 0.2) is 5.82 Å². The number of para-hydroxylation sites is 2. The maximum absolute atomic E-state index is 4.40. The van der Waals surface area contributed by atoms with Gasteiger partial charge < -0.3 is 5.32 Å². The van der Waals surface area contributed by atoms with Gasteiger partial charge >= 0.3 is 0 Å². The molecule has 0 fully saturated rings. The van der Waals surface area contributed by atoms with Crippen LogP contribution in [-0.4, -0.2) is 30.0 Å². The van der Waals surface area contributed by atoms with Crippen molar-refractivity contribution in [2.24, 2.45) is 0 Å². The maximum atomic E-state index is 4.40. The van der Waals surface area contributed by atoms with Crippen LogP contribution in [0.1, 0.15) is 18.8 Å². The average Bonchev–Trinajstić information content (AvgIpc) is 3.33. The summed E-state index contributed by atoms with van der Waals surface area (Å²) in [6, 6.07) is 19.7. The molecule has 124 valence electrons. The van der Waals surface area contributed by atoms with Crippen LogP contribution in [0.25, 0.3) is 11.4 Å². The van der Waals surface area contributed by atoms with E-state index in [1.807, 2.05) is 78.5 Å². The van der Waals surface area contributed by atoms with Crippen molar-refractivity contribution in [3.05, 3.63) is 78.9 Å². The lowest BCUT2D eigenvalue weighted by molar-refractivity contribution is 0.718. The summed E-state index contributed by atoms with van der Waals surface area (Å²) in [6.45, 7) is 2.02. The number of anilines is 1. The van der Waals surface area contributed by atoms with Gasteiger partial charge in [-0.15, -0.1) is 5.10 Å². The molecule has 0 bridgehead atoms. The second-order valence-electron chi connectivity index (χ2n) is 5.66. The van der Waals surface area contributed by atoms with E-state index in [1.54, 1.807) is 10.9 Å². The van der Waals surface area contributed by atoms with Crippen molar-refractivity contribution in [2.75, 3.05) is 5.32 Å². The van der Waals surface area contributed by atoms with Gasteiger partial charge in [-0.2, -0.15) is 9.78 Å². The fourth-order valence-corrected chi connectivity index (χ4v) is 2.65. The summed E-state index contributed by atoms with van der Waals surface area (Å²) in [5, 5.41) is 19.9. The SMILES string of the molecule is C[C@@H](Nc1cnn(-c2ccccc2)c1)c1nnnn1-c1ccccc1. The smallest absolute Gasteiger partial charge is 0.178 e. The van der Waals surface area contributed by atoms with Gasteiger partial charge in [-0.1, -0.05) is 36.4 Å². The highest BCUT2D eigenvalue weighted by atomic mass is 15.5. The van der Waals surface area contributed by atoms with E-state index in [0.717, 1.165) is 22.9 Å². The van der Waals surface area contributed by atoms with E-state index in [4.69, 9.17) is 0 Å². The normalized spacial score (nSPS) is 12.0. The van der Waals surface area contributed by atoms with Crippen LogP contribution >= 0.6 is 0 Å². The number of hydrogen-bond donors (Lipinski definition) is 1. The van der Waals surface area contributed by atoms with E-state index in [-0.39, 0.29) is 6.04 Å². The highest BCUT2D eigenvalue weighted by molar-refractivity contribution is 5.44. The molecule has 0 saturated heterocycles. The minimum absolute atomic E-state index is 0.0800. The predicted molar refractivity (Wildman–Crippen MR) is 94.8 cm³/mol. The Labute approximate surface area is 144 Å². The second-order valence-corrected chi connectivity index (χ2v) is 5.66. The molecule has 2 heterocycles. The Morgan fingerprint density at radius 1 is 0.920 bits per heavy atom. The first kappa shape index (κ1) is 15.1. The molecular formula is C18H17N7. The third kappa shape index (κ3) is 3.12. The Bertz CT molecular complexity index is 944. The summed E-state index contributed by atoms with van der Waals surface area (Å²) in [5.41, 5.74) is 2.84. The molecule has 7 nitrogen and oxygen atoms in total. The van der Waals surface area contributed by atoms with Crippen LogP contribution in [0, 0.1) is 0 Å². The first-order valence-electron chi connectivity index (χ1n) is 8.01. The van der Waals surface area contributed by atoms with Gasteiger partial charge in [-0.3, -0.25) is 0 Å². The van der Waals surface area contributed by atoms with Gasteiger partial charge in [0.1, 0.15) is 0 Å². The van der Waals surface area contributed by atoms with Crippen LogP contribution in [0.3, 0.4) is 0 Å². The number of hydrogen-bond acceptors (Lipinski definition) is 5. The fourth-order valence-electron chi connectivity index (χ4n) is 2.65. The Balaban J connectivity index is 1.55. The molecule has 0 radical (unpaired) electrons. The third-order valence-corrected chi connectivity index (χ3v) is 3.87. The van der Waals surface area contributed by atoms with Crippen molar-refractivity contribution in [3.63, 3.8) is 0 Å². The summed E-state index contributed by atoms with van der Waals surface area (Å²) in [4.78, 5) is 0. The van der Waals surface area contributed by atoms with Gasteiger partial charge in [-0.05, 0) is 41.6 Å². The summed E-state index contributed by atoms with van der Waals surface area (Å²) in [5.74, 6) is 0.735. The Kier molecular flexibility index (Phi) is 3.96.